The molecule has 0 aromatic heterocycles. The molecular formula is C29H33ClFN3O5S. The van der Waals surface area contributed by atoms with Crippen LogP contribution >= 0.6 is 11.6 Å². The van der Waals surface area contributed by atoms with Crippen LogP contribution in [0.5, 0.6) is 5.75 Å². The van der Waals surface area contributed by atoms with E-state index in [1.165, 1.54) is 60.4 Å². The van der Waals surface area contributed by atoms with Crippen molar-refractivity contribution >= 4 is 39.1 Å². The van der Waals surface area contributed by atoms with Gasteiger partial charge in [-0.25, -0.2) is 12.8 Å². The van der Waals surface area contributed by atoms with Crippen LogP contribution in [-0.2, 0) is 26.2 Å². The van der Waals surface area contributed by atoms with E-state index in [0.717, 1.165) is 4.31 Å². The lowest BCUT2D eigenvalue weighted by atomic mass is 10.1. The van der Waals surface area contributed by atoms with Crippen LogP contribution in [0, 0.1) is 5.82 Å². The zero-order valence-corrected chi connectivity index (χ0v) is 24.4. The first kappa shape index (κ1) is 30.9. The van der Waals surface area contributed by atoms with Gasteiger partial charge in [-0.2, -0.15) is 0 Å². The summed E-state index contributed by atoms with van der Waals surface area (Å²) in [5.41, 5.74) is 0.319. The molecule has 0 aliphatic carbocycles. The Hall–Kier alpha value is -3.63. The molecule has 8 nitrogen and oxygen atoms in total. The summed E-state index contributed by atoms with van der Waals surface area (Å²) in [6.45, 7) is 6.15. The second-order valence-electron chi connectivity index (χ2n) is 9.32. The lowest BCUT2D eigenvalue weighted by molar-refractivity contribution is -0.139. The fourth-order valence-electron chi connectivity index (χ4n) is 3.99. The van der Waals surface area contributed by atoms with Gasteiger partial charge in [0.05, 0.1) is 17.2 Å². The number of ether oxygens (including phenoxy) is 1. The third-order valence-corrected chi connectivity index (χ3v) is 8.04. The van der Waals surface area contributed by atoms with E-state index in [1.54, 1.807) is 45.0 Å². The van der Waals surface area contributed by atoms with Gasteiger partial charge in [0, 0.05) is 23.2 Å². The van der Waals surface area contributed by atoms with Gasteiger partial charge >= 0.3 is 0 Å². The van der Waals surface area contributed by atoms with Gasteiger partial charge in [0.1, 0.15) is 24.2 Å². The molecule has 0 bridgehead atoms. The van der Waals surface area contributed by atoms with Crippen LogP contribution in [0.4, 0.5) is 10.1 Å². The summed E-state index contributed by atoms with van der Waals surface area (Å²) in [4.78, 5) is 28.0. The minimum absolute atomic E-state index is 0.0951. The fourth-order valence-corrected chi connectivity index (χ4v) is 5.54. The maximum Gasteiger partial charge on any atom is 0.264 e. The average Bonchev–Trinajstić information content (AvgIpc) is 2.91. The van der Waals surface area contributed by atoms with E-state index in [0.29, 0.717) is 5.02 Å². The molecule has 0 radical (unpaired) electrons. The minimum Gasteiger partial charge on any atom is -0.492 e. The third kappa shape index (κ3) is 7.51. The summed E-state index contributed by atoms with van der Waals surface area (Å²) in [6.07, 6.45) is 0. The van der Waals surface area contributed by atoms with Crippen LogP contribution in [-0.4, -0.2) is 50.4 Å². The quantitative estimate of drug-likeness (QED) is 0.320. The van der Waals surface area contributed by atoms with Crippen LogP contribution < -0.4 is 14.4 Å². The van der Waals surface area contributed by atoms with E-state index in [1.807, 2.05) is 0 Å². The maximum absolute atomic E-state index is 14.6. The van der Waals surface area contributed by atoms with Crippen molar-refractivity contribution in [2.45, 2.75) is 51.2 Å². The number of carbonyl (C=O) groups is 2. The molecule has 0 fully saturated rings. The van der Waals surface area contributed by atoms with Crippen LogP contribution in [0.25, 0.3) is 0 Å². The highest BCUT2D eigenvalue weighted by Gasteiger charge is 2.34. The summed E-state index contributed by atoms with van der Waals surface area (Å²) in [5.74, 6) is -1.47. The van der Waals surface area contributed by atoms with Crippen molar-refractivity contribution in [1.82, 2.24) is 10.2 Å². The number of anilines is 1. The van der Waals surface area contributed by atoms with Crippen LogP contribution in [0.2, 0.25) is 5.02 Å². The molecule has 11 heteroatoms. The number of hydrogen-bond donors (Lipinski definition) is 1. The molecule has 214 valence electrons. The number of halogens is 2. The van der Waals surface area contributed by atoms with E-state index in [9.17, 15) is 22.4 Å². The predicted molar refractivity (Wildman–Crippen MR) is 153 cm³/mol. The van der Waals surface area contributed by atoms with Crippen molar-refractivity contribution in [3.8, 4) is 5.75 Å². The summed E-state index contributed by atoms with van der Waals surface area (Å²) in [5, 5.41) is 3.10. The van der Waals surface area contributed by atoms with E-state index in [4.69, 9.17) is 16.3 Å². The Balaban J connectivity index is 2.09. The van der Waals surface area contributed by atoms with Crippen LogP contribution in [0.3, 0.4) is 0 Å². The number of para-hydroxylation sites is 2. The summed E-state index contributed by atoms with van der Waals surface area (Å²) < 4.78 is 49.1. The van der Waals surface area contributed by atoms with Gasteiger partial charge < -0.3 is 15.0 Å². The maximum atomic E-state index is 14.6. The first-order valence-corrected chi connectivity index (χ1v) is 14.6. The average molecular weight is 590 g/mol. The molecule has 2 amide bonds. The van der Waals surface area contributed by atoms with E-state index < -0.39 is 40.2 Å². The van der Waals surface area contributed by atoms with Crippen LogP contribution in [0.1, 0.15) is 33.3 Å². The van der Waals surface area contributed by atoms with E-state index >= 15 is 0 Å². The number of hydrogen-bond acceptors (Lipinski definition) is 5. The van der Waals surface area contributed by atoms with Gasteiger partial charge in [0.2, 0.25) is 11.8 Å². The number of carbonyl (C=O) groups excluding carboxylic acids is 2. The molecule has 3 aromatic carbocycles. The molecule has 1 N–H and O–H groups in total. The van der Waals surface area contributed by atoms with Gasteiger partial charge in [-0.3, -0.25) is 13.9 Å². The Bertz CT molecular complexity index is 1430. The van der Waals surface area contributed by atoms with Crippen molar-refractivity contribution in [1.29, 1.82) is 0 Å². The first-order valence-electron chi connectivity index (χ1n) is 12.8. The molecule has 1 atom stereocenters. The number of benzene rings is 3. The monoisotopic (exact) mass is 589 g/mol. The van der Waals surface area contributed by atoms with E-state index in [-0.39, 0.29) is 41.1 Å². The zero-order valence-electron chi connectivity index (χ0n) is 22.8. The van der Waals surface area contributed by atoms with Crippen molar-refractivity contribution in [2.75, 3.05) is 17.5 Å². The molecule has 0 spiro atoms. The van der Waals surface area contributed by atoms with Gasteiger partial charge in [0.25, 0.3) is 10.0 Å². The molecule has 40 heavy (non-hydrogen) atoms. The third-order valence-electron chi connectivity index (χ3n) is 6.01. The van der Waals surface area contributed by atoms with E-state index in [2.05, 4.69) is 5.32 Å². The van der Waals surface area contributed by atoms with Crippen molar-refractivity contribution in [3.05, 3.63) is 89.2 Å². The van der Waals surface area contributed by atoms with Gasteiger partial charge in [-0.05, 0) is 70.2 Å². The SMILES string of the molecule is CCOc1ccccc1N(CC(=O)N(Cc1ccccc1F)[C@H](C)C(=O)NC(C)C)S(=O)(=O)c1ccc(Cl)cc1. The standard InChI is InChI=1S/C29H33ClFN3O5S/c1-5-39-27-13-9-8-12-26(27)34(40(37,38)24-16-14-23(30)15-17-24)19-28(35)33(21(4)29(36)32-20(2)3)18-22-10-6-7-11-25(22)31/h6-17,20-21H,5,18-19H2,1-4H3,(H,32,36)/t21-/m1/s1. The first-order chi connectivity index (χ1) is 18.9. The largest absolute Gasteiger partial charge is 0.492 e. The lowest BCUT2D eigenvalue weighted by Crippen LogP contribution is -2.52. The molecule has 0 heterocycles. The van der Waals surface area contributed by atoms with Crippen LogP contribution in [0.15, 0.2) is 77.7 Å². The van der Waals surface area contributed by atoms with Crippen molar-refractivity contribution in [2.24, 2.45) is 0 Å². The molecule has 0 unspecified atom stereocenters. The Morgan fingerprint density at radius 3 is 2.23 bits per heavy atom. The lowest BCUT2D eigenvalue weighted by Gasteiger charge is -2.32. The normalized spacial score (nSPS) is 12.1. The Kier molecular flexibility index (Phi) is 10.5. The van der Waals surface area contributed by atoms with Crippen molar-refractivity contribution < 1.29 is 27.1 Å². The number of nitrogens with one attached hydrogen (secondary N) is 1. The Labute approximate surface area is 239 Å². The van der Waals surface area contributed by atoms with Gasteiger partial charge in [-0.1, -0.05) is 41.9 Å². The predicted octanol–water partition coefficient (Wildman–Crippen LogP) is 5.02. The smallest absolute Gasteiger partial charge is 0.264 e. The Morgan fingerprint density at radius 1 is 0.975 bits per heavy atom. The number of rotatable bonds is 12. The molecular weight excluding hydrogens is 557 g/mol. The molecule has 0 saturated carbocycles. The topological polar surface area (TPSA) is 96.0 Å². The number of amides is 2. The molecule has 0 saturated heterocycles. The summed E-state index contributed by atoms with van der Waals surface area (Å²) in [7, 11) is -4.31. The zero-order chi connectivity index (χ0) is 29.4. The fraction of sp³-hybridized carbons (Fsp3) is 0.310. The molecule has 0 aliphatic rings. The minimum atomic E-state index is -4.31. The highest BCUT2D eigenvalue weighted by atomic mass is 35.5. The van der Waals surface area contributed by atoms with Gasteiger partial charge in [0.15, 0.2) is 0 Å². The molecule has 3 rings (SSSR count). The summed E-state index contributed by atoms with van der Waals surface area (Å²) in [6, 6.07) is 16.7. The molecule has 3 aromatic rings. The highest BCUT2D eigenvalue weighted by Crippen LogP contribution is 2.33. The second-order valence-corrected chi connectivity index (χ2v) is 11.6. The molecule has 0 aliphatic heterocycles. The summed E-state index contributed by atoms with van der Waals surface area (Å²) >= 11 is 5.98. The van der Waals surface area contributed by atoms with Gasteiger partial charge in [-0.15, -0.1) is 0 Å². The second kappa shape index (κ2) is 13.6. The number of nitrogens with zero attached hydrogens (tertiary/aromatic N) is 2. The van der Waals surface area contributed by atoms with Crippen molar-refractivity contribution in [3.63, 3.8) is 0 Å². The highest BCUT2D eigenvalue weighted by molar-refractivity contribution is 7.92. The Morgan fingerprint density at radius 2 is 1.60 bits per heavy atom. The number of sulfonamides is 1.